The number of nitrogens with two attached hydrogens (primary N) is 1. The number of carbonyl (C=O) groups is 1. The third-order valence-electron chi connectivity index (χ3n) is 4.66. The Labute approximate surface area is 147 Å². The van der Waals surface area contributed by atoms with Gasteiger partial charge in [0.25, 0.3) is 0 Å². The van der Waals surface area contributed by atoms with Crippen molar-refractivity contribution in [2.45, 2.75) is 25.3 Å². The van der Waals surface area contributed by atoms with Crippen molar-refractivity contribution in [2.24, 2.45) is 5.73 Å². The monoisotopic (exact) mass is 335 g/mol. The van der Waals surface area contributed by atoms with E-state index < -0.39 is 0 Å². The molecule has 2 aromatic carbocycles. The Hall–Kier alpha value is -3.00. The van der Waals surface area contributed by atoms with Gasteiger partial charge in [0.05, 0.1) is 24.1 Å². The SMILES string of the molecule is CC1CC(C(N)=O)c2ccccc2N1CCOc1ccc(C#N)cc1. The van der Waals surface area contributed by atoms with E-state index in [1.807, 2.05) is 24.3 Å². The predicted octanol–water partition coefficient (Wildman–Crippen LogP) is 2.80. The van der Waals surface area contributed by atoms with Crippen LogP contribution in [0.1, 0.15) is 30.4 Å². The third-order valence-corrected chi connectivity index (χ3v) is 4.66. The predicted molar refractivity (Wildman–Crippen MR) is 96.5 cm³/mol. The van der Waals surface area contributed by atoms with Crippen LogP contribution in [0.25, 0.3) is 0 Å². The number of primary amides is 1. The van der Waals surface area contributed by atoms with E-state index in [0.717, 1.165) is 17.0 Å². The molecule has 0 aliphatic carbocycles. The largest absolute Gasteiger partial charge is 0.492 e. The van der Waals surface area contributed by atoms with Crippen LogP contribution in [0.2, 0.25) is 0 Å². The molecule has 1 aliphatic heterocycles. The summed E-state index contributed by atoms with van der Waals surface area (Å²) < 4.78 is 5.80. The lowest BCUT2D eigenvalue weighted by Gasteiger charge is -2.39. The van der Waals surface area contributed by atoms with Crippen LogP contribution in [0.4, 0.5) is 5.69 Å². The number of carbonyl (C=O) groups excluding carboxylic acids is 1. The zero-order valence-electron chi connectivity index (χ0n) is 14.2. The van der Waals surface area contributed by atoms with Gasteiger partial charge in [-0.1, -0.05) is 18.2 Å². The standard InChI is InChI=1S/C20H21N3O2/c1-14-12-18(20(22)24)17-4-2-3-5-19(17)23(14)10-11-25-16-8-6-15(13-21)7-9-16/h2-9,14,18H,10-12H2,1H3,(H2,22,24). The molecular formula is C20H21N3O2. The van der Waals surface area contributed by atoms with Gasteiger partial charge in [-0.2, -0.15) is 5.26 Å². The molecule has 0 fully saturated rings. The average molecular weight is 335 g/mol. The first-order chi connectivity index (χ1) is 12.1. The van der Waals surface area contributed by atoms with Crippen LogP contribution >= 0.6 is 0 Å². The Morgan fingerprint density at radius 1 is 1.28 bits per heavy atom. The Balaban J connectivity index is 1.70. The average Bonchev–Trinajstić information content (AvgIpc) is 2.63. The number of ether oxygens (including phenoxy) is 1. The van der Waals surface area contributed by atoms with E-state index in [2.05, 4.69) is 17.9 Å². The molecule has 0 spiro atoms. The van der Waals surface area contributed by atoms with E-state index in [1.165, 1.54) is 0 Å². The number of rotatable bonds is 5. The smallest absolute Gasteiger partial charge is 0.225 e. The minimum Gasteiger partial charge on any atom is -0.492 e. The van der Waals surface area contributed by atoms with Crippen LogP contribution in [0.5, 0.6) is 5.75 Å². The molecule has 1 aliphatic rings. The van der Waals surface area contributed by atoms with Crippen molar-refractivity contribution in [3.05, 3.63) is 59.7 Å². The van der Waals surface area contributed by atoms with Crippen LogP contribution in [0.3, 0.4) is 0 Å². The first-order valence-corrected chi connectivity index (χ1v) is 8.38. The summed E-state index contributed by atoms with van der Waals surface area (Å²) in [5, 5.41) is 8.83. The van der Waals surface area contributed by atoms with Crippen molar-refractivity contribution in [1.82, 2.24) is 0 Å². The van der Waals surface area contributed by atoms with E-state index >= 15 is 0 Å². The van der Waals surface area contributed by atoms with Crippen molar-refractivity contribution >= 4 is 11.6 Å². The zero-order chi connectivity index (χ0) is 17.8. The molecule has 2 N–H and O–H groups in total. The van der Waals surface area contributed by atoms with Crippen LogP contribution < -0.4 is 15.4 Å². The molecule has 2 atom stereocenters. The normalized spacial score (nSPS) is 19.0. The second kappa shape index (κ2) is 7.27. The van der Waals surface area contributed by atoms with Crippen LogP contribution in [0, 0.1) is 11.3 Å². The first-order valence-electron chi connectivity index (χ1n) is 8.38. The number of fused-ring (bicyclic) bond motifs is 1. The second-order valence-corrected chi connectivity index (χ2v) is 6.28. The highest BCUT2D eigenvalue weighted by Gasteiger charge is 2.32. The van der Waals surface area contributed by atoms with E-state index in [-0.39, 0.29) is 17.9 Å². The zero-order valence-corrected chi connectivity index (χ0v) is 14.2. The van der Waals surface area contributed by atoms with E-state index in [4.69, 9.17) is 15.7 Å². The molecule has 0 radical (unpaired) electrons. The van der Waals surface area contributed by atoms with Gasteiger partial charge in [-0.3, -0.25) is 4.79 Å². The number of hydrogen-bond acceptors (Lipinski definition) is 4. The molecule has 0 aromatic heterocycles. The molecule has 0 bridgehead atoms. The van der Waals surface area contributed by atoms with Crippen molar-refractivity contribution in [3.8, 4) is 11.8 Å². The lowest BCUT2D eigenvalue weighted by molar-refractivity contribution is -0.119. The maximum atomic E-state index is 11.8. The summed E-state index contributed by atoms with van der Waals surface area (Å²) in [5.74, 6) is 0.238. The number of nitriles is 1. The van der Waals surface area contributed by atoms with Crippen LogP contribution in [0.15, 0.2) is 48.5 Å². The molecule has 0 saturated heterocycles. The molecule has 3 rings (SSSR count). The van der Waals surface area contributed by atoms with E-state index in [1.54, 1.807) is 24.3 Å². The maximum absolute atomic E-state index is 11.8. The van der Waals surface area contributed by atoms with Gasteiger partial charge in [0.15, 0.2) is 0 Å². The summed E-state index contributed by atoms with van der Waals surface area (Å²) >= 11 is 0. The molecule has 5 nitrogen and oxygen atoms in total. The number of anilines is 1. The van der Waals surface area contributed by atoms with Crippen molar-refractivity contribution in [3.63, 3.8) is 0 Å². The molecule has 1 heterocycles. The van der Waals surface area contributed by atoms with Gasteiger partial charge in [-0.05, 0) is 49.2 Å². The van der Waals surface area contributed by atoms with Gasteiger partial charge in [0.1, 0.15) is 12.4 Å². The summed E-state index contributed by atoms with van der Waals surface area (Å²) in [6, 6.07) is 17.3. The lowest BCUT2D eigenvalue weighted by Crippen LogP contribution is -2.43. The van der Waals surface area contributed by atoms with Crippen molar-refractivity contribution < 1.29 is 9.53 Å². The Morgan fingerprint density at radius 3 is 2.68 bits per heavy atom. The van der Waals surface area contributed by atoms with Gasteiger partial charge in [-0.25, -0.2) is 0 Å². The molecule has 5 heteroatoms. The molecule has 0 saturated carbocycles. The molecule has 128 valence electrons. The van der Waals surface area contributed by atoms with Crippen LogP contribution in [-0.4, -0.2) is 25.1 Å². The van der Waals surface area contributed by atoms with Crippen molar-refractivity contribution in [1.29, 1.82) is 5.26 Å². The number of benzene rings is 2. The molecule has 2 unspecified atom stereocenters. The summed E-state index contributed by atoms with van der Waals surface area (Å²) in [6.07, 6.45) is 0.712. The van der Waals surface area contributed by atoms with Gasteiger partial charge in [-0.15, -0.1) is 0 Å². The highest BCUT2D eigenvalue weighted by Crippen LogP contribution is 2.37. The lowest BCUT2D eigenvalue weighted by atomic mass is 9.85. The van der Waals surface area contributed by atoms with Crippen molar-refractivity contribution in [2.75, 3.05) is 18.1 Å². The Kier molecular flexibility index (Phi) is 4.90. The number of nitrogens with zero attached hydrogens (tertiary/aromatic N) is 2. The minimum atomic E-state index is -0.271. The number of amides is 1. The molecule has 25 heavy (non-hydrogen) atoms. The fourth-order valence-electron chi connectivity index (χ4n) is 3.37. The Bertz CT molecular complexity index is 795. The van der Waals surface area contributed by atoms with Gasteiger partial charge >= 0.3 is 0 Å². The summed E-state index contributed by atoms with van der Waals surface area (Å²) in [4.78, 5) is 14.0. The van der Waals surface area contributed by atoms with Gasteiger partial charge in [0.2, 0.25) is 5.91 Å². The topological polar surface area (TPSA) is 79.3 Å². The summed E-state index contributed by atoms with van der Waals surface area (Å²) in [6.45, 7) is 3.34. The second-order valence-electron chi connectivity index (χ2n) is 6.28. The number of hydrogen-bond donors (Lipinski definition) is 1. The molecule has 2 aromatic rings. The Morgan fingerprint density at radius 2 is 2.00 bits per heavy atom. The molecule has 1 amide bonds. The third kappa shape index (κ3) is 3.58. The highest BCUT2D eigenvalue weighted by molar-refractivity contribution is 5.85. The van der Waals surface area contributed by atoms with Gasteiger partial charge < -0.3 is 15.4 Å². The minimum absolute atomic E-state index is 0.206. The maximum Gasteiger partial charge on any atom is 0.225 e. The fourth-order valence-corrected chi connectivity index (χ4v) is 3.37. The molecular weight excluding hydrogens is 314 g/mol. The summed E-state index contributed by atoms with van der Waals surface area (Å²) in [7, 11) is 0. The quantitative estimate of drug-likeness (QED) is 0.911. The van der Waals surface area contributed by atoms with E-state index in [0.29, 0.717) is 25.1 Å². The first kappa shape index (κ1) is 16.8. The van der Waals surface area contributed by atoms with Gasteiger partial charge in [0, 0.05) is 11.7 Å². The van der Waals surface area contributed by atoms with E-state index in [9.17, 15) is 4.79 Å². The van der Waals surface area contributed by atoms with Crippen LogP contribution in [-0.2, 0) is 4.79 Å². The summed E-state index contributed by atoms with van der Waals surface area (Å²) in [5.41, 5.74) is 8.24. The number of para-hydroxylation sites is 1. The highest BCUT2D eigenvalue weighted by atomic mass is 16.5. The fraction of sp³-hybridized carbons (Fsp3) is 0.300.